The van der Waals surface area contributed by atoms with Gasteiger partial charge in [-0.15, -0.1) is 0 Å². The molecule has 2 heteroatoms. The van der Waals surface area contributed by atoms with Gasteiger partial charge in [0.25, 0.3) is 0 Å². The molecular formula is C9H8Cl2. The molecule has 0 N–H and O–H groups in total. The molecule has 1 rings (SSSR count). The van der Waals surface area contributed by atoms with E-state index in [1.54, 1.807) is 6.08 Å². The van der Waals surface area contributed by atoms with Crippen LogP contribution in [-0.2, 0) is 0 Å². The van der Waals surface area contributed by atoms with E-state index in [9.17, 15) is 0 Å². The monoisotopic (exact) mass is 186 g/mol. The molecule has 0 aliphatic carbocycles. The molecule has 0 nitrogen and oxygen atoms in total. The number of aryl methyl sites for hydroxylation is 1. The van der Waals surface area contributed by atoms with Gasteiger partial charge in [0.05, 0.1) is 10.0 Å². The van der Waals surface area contributed by atoms with Gasteiger partial charge in [0.2, 0.25) is 0 Å². The highest BCUT2D eigenvalue weighted by Crippen LogP contribution is 2.29. The maximum atomic E-state index is 5.90. The molecule has 0 unspecified atom stereocenters. The first-order chi connectivity index (χ1) is 5.16. The molecule has 0 saturated heterocycles. The molecule has 0 saturated carbocycles. The lowest BCUT2D eigenvalue weighted by Crippen LogP contribution is -1.80. The predicted molar refractivity (Wildman–Crippen MR) is 51.3 cm³/mol. The number of rotatable bonds is 1. The Kier molecular flexibility index (Phi) is 2.58. The molecule has 1 aromatic carbocycles. The van der Waals surface area contributed by atoms with Crippen LogP contribution < -0.4 is 0 Å². The van der Waals surface area contributed by atoms with Crippen LogP contribution in [-0.4, -0.2) is 0 Å². The summed E-state index contributed by atoms with van der Waals surface area (Å²) in [5, 5.41) is 1.20. The van der Waals surface area contributed by atoms with Gasteiger partial charge < -0.3 is 0 Å². The van der Waals surface area contributed by atoms with Crippen LogP contribution in [0.25, 0.3) is 6.08 Å². The summed E-state index contributed by atoms with van der Waals surface area (Å²) in [7, 11) is 0. The third kappa shape index (κ3) is 1.58. The van der Waals surface area contributed by atoms with Gasteiger partial charge in [-0.25, -0.2) is 0 Å². The molecule has 1 aromatic rings. The van der Waals surface area contributed by atoms with Crippen molar-refractivity contribution >= 4 is 29.3 Å². The summed E-state index contributed by atoms with van der Waals surface area (Å²) >= 11 is 11.8. The van der Waals surface area contributed by atoms with Gasteiger partial charge in [0.1, 0.15) is 0 Å². The smallest absolute Gasteiger partial charge is 0.0667 e. The molecular weight excluding hydrogens is 179 g/mol. The molecule has 0 aliphatic heterocycles. The van der Waals surface area contributed by atoms with Crippen LogP contribution in [0.4, 0.5) is 0 Å². The van der Waals surface area contributed by atoms with Gasteiger partial charge >= 0.3 is 0 Å². The highest BCUT2D eigenvalue weighted by molar-refractivity contribution is 6.43. The normalized spacial score (nSPS) is 9.73. The fourth-order valence-corrected chi connectivity index (χ4v) is 1.28. The minimum absolute atomic E-state index is 0.585. The predicted octanol–water partition coefficient (Wildman–Crippen LogP) is 3.94. The van der Waals surface area contributed by atoms with E-state index in [4.69, 9.17) is 23.2 Å². The van der Waals surface area contributed by atoms with E-state index in [0.29, 0.717) is 10.0 Å². The Morgan fingerprint density at radius 3 is 2.45 bits per heavy atom. The average molecular weight is 187 g/mol. The quantitative estimate of drug-likeness (QED) is 0.624. The van der Waals surface area contributed by atoms with Crippen LogP contribution in [0.2, 0.25) is 10.0 Å². The van der Waals surface area contributed by atoms with Crippen molar-refractivity contribution in [2.24, 2.45) is 0 Å². The minimum Gasteiger partial charge on any atom is -0.0984 e. The lowest BCUT2D eigenvalue weighted by Gasteiger charge is -2.02. The van der Waals surface area contributed by atoms with E-state index in [-0.39, 0.29) is 0 Å². The maximum Gasteiger partial charge on any atom is 0.0667 e. The Morgan fingerprint density at radius 2 is 1.91 bits per heavy atom. The Bertz CT molecular complexity index is 290. The largest absolute Gasteiger partial charge is 0.0984 e. The van der Waals surface area contributed by atoms with Gasteiger partial charge in [0, 0.05) is 0 Å². The molecule has 0 spiro atoms. The SMILES string of the molecule is C=Cc1ccc(C)c(Cl)c1Cl. The fourth-order valence-electron chi connectivity index (χ4n) is 0.819. The lowest BCUT2D eigenvalue weighted by atomic mass is 10.1. The van der Waals surface area contributed by atoms with E-state index < -0.39 is 0 Å². The topological polar surface area (TPSA) is 0 Å². The standard InChI is InChI=1S/C9H8Cl2/c1-3-7-5-4-6(2)8(10)9(7)11/h3-5H,1H2,2H3. The number of hydrogen-bond acceptors (Lipinski definition) is 0. The van der Waals surface area contributed by atoms with Gasteiger partial charge in [0.15, 0.2) is 0 Å². The fraction of sp³-hybridized carbons (Fsp3) is 0.111. The van der Waals surface area contributed by atoms with E-state index in [1.165, 1.54) is 0 Å². The van der Waals surface area contributed by atoms with Crippen molar-refractivity contribution in [3.8, 4) is 0 Å². The van der Waals surface area contributed by atoms with Crippen LogP contribution in [0.15, 0.2) is 18.7 Å². The molecule has 58 valence electrons. The van der Waals surface area contributed by atoms with E-state index in [1.807, 2.05) is 19.1 Å². The first-order valence-corrected chi connectivity index (χ1v) is 3.99. The van der Waals surface area contributed by atoms with Crippen molar-refractivity contribution in [2.75, 3.05) is 0 Å². The lowest BCUT2D eigenvalue weighted by molar-refractivity contribution is 1.46. The van der Waals surface area contributed by atoms with Crippen molar-refractivity contribution in [1.29, 1.82) is 0 Å². The molecule has 0 bridgehead atoms. The van der Waals surface area contributed by atoms with Gasteiger partial charge in [-0.2, -0.15) is 0 Å². The Hall–Kier alpha value is -0.460. The second kappa shape index (κ2) is 3.29. The van der Waals surface area contributed by atoms with Crippen LogP contribution in [0.1, 0.15) is 11.1 Å². The zero-order valence-corrected chi connectivity index (χ0v) is 7.71. The van der Waals surface area contributed by atoms with Crippen molar-refractivity contribution in [3.05, 3.63) is 39.9 Å². The summed E-state index contributed by atoms with van der Waals surface area (Å²) in [6, 6.07) is 3.82. The molecule has 0 radical (unpaired) electrons. The second-order valence-electron chi connectivity index (χ2n) is 2.30. The Morgan fingerprint density at radius 1 is 1.27 bits per heavy atom. The average Bonchev–Trinajstić information content (AvgIpc) is 2.01. The third-order valence-corrected chi connectivity index (χ3v) is 2.52. The summed E-state index contributed by atoms with van der Waals surface area (Å²) in [5.74, 6) is 0. The van der Waals surface area contributed by atoms with Crippen LogP contribution >= 0.6 is 23.2 Å². The zero-order valence-electron chi connectivity index (χ0n) is 6.20. The number of benzene rings is 1. The second-order valence-corrected chi connectivity index (χ2v) is 3.06. The highest BCUT2D eigenvalue weighted by Gasteiger charge is 2.03. The molecule has 0 atom stereocenters. The van der Waals surface area contributed by atoms with Crippen molar-refractivity contribution < 1.29 is 0 Å². The first-order valence-electron chi connectivity index (χ1n) is 3.24. The summed E-state index contributed by atoms with van der Waals surface area (Å²) in [5.41, 5.74) is 1.87. The molecule has 0 aromatic heterocycles. The van der Waals surface area contributed by atoms with Crippen molar-refractivity contribution in [1.82, 2.24) is 0 Å². The van der Waals surface area contributed by atoms with E-state index >= 15 is 0 Å². The van der Waals surface area contributed by atoms with Crippen LogP contribution in [0.3, 0.4) is 0 Å². The van der Waals surface area contributed by atoms with Gasteiger partial charge in [-0.1, -0.05) is 48.0 Å². The molecule has 11 heavy (non-hydrogen) atoms. The number of halogens is 2. The van der Waals surface area contributed by atoms with Crippen LogP contribution in [0.5, 0.6) is 0 Å². The molecule has 0 aliphatic rings. The summed E-state index contributed by atoms with van der Waals surface area (Å²) in [6.45, 7) is 5.54. The Balaban J connectivity index is 3.36. The summed E-state index contributed by atoms with van der Waals surface area (Å²) in [4.78, 5) is 0. The summed E-state index contributed by atoms with van der Waals surface area (Å²) < 4.78 is 0. The minimum atomic E-state index is 0.585. The summed E-state index contributed by atoms with van der Waals surface area (Å²) in [6.07, 6.45) is 1.69. The molecule has 0 heterocycles. The van der Waals surface area contributed by atoms with Crippen molar-refractivity contribution in [2.45, 2.75) is 6.92 Å². The van der Waals surface area contributed by atoms with Gasteiger partial charge in [-0.3, -0.25) is 0 Å². The third-order valence-electron chi connectivity index (χ3n) is 1.53. The van der Waals surface area contributed by atoms with Crippen molar-refractivity contribution in [3.63, 3.8) is 0 Å². The molecule has 0 fully saturated rings. The number of hydrogen-bond donors (Lipinski definition) is 0. The first kappa shape index (κ1) is 8.63. The Labute approximate surface area is 76.4 Å². The van der Waals surface area contributed by atoms with E-state index in [0.717, 1.165) is 11.1 Å². The highest BCUT2D eigenvalue weighted by atomic mass is 35.5. The zero-order chi connectivity index (χ0) is 8.43. The van der Waals surface area contributed by atoms with Crippen LogP contribution in [0, 0.1) is 6.92 Å². The van der Waals surface area contributed by atoms with Gasteiger partial charge in [-0.05, 0) is 18.1 Å². The molecule has 0 amide bonds. The maximum absolute atomic E-state index is 5.90. The van der Waals surface area contributed by atoms with E-state index in [2.05, 4.69) is 6.58 Å².